The Hall–Kier alpha value is -6.89. The van der Waals surface area contributed by atoms with Crippen molar-refractivity contribution in [3.8, 4) is 0 Å². The Morgan fingerprint density at radius 2 is 1.25 bits per heavy atom. The number of rotatable bonds is 12. The molecule has 0 bridgehead atoms. The molecule has 1 spiro atoms. The molecular weight excluding hydrogens is 1190 g/mol. The predicted molar refractivity (Wildman–Crippen MR) is 332 cm³/mol. The number of carbonyl (C=O) groups excluding carboxylic acids is 11. The maximum atomic E-state index is 15.0. The van der Waals surface area contributed by atoms with Crippen LogP contribution in [0.4, 0.5) is 17.6 Å². The first-order valence-corrected chi connectivity index (χ1v) is 32.7. The highest BCUT2D eigenvalue weighted by Gasteiger charge is 2.49. The fourth-order valence-electron chi connectivity index (χ4n) is 13.0. The molecule has 0 radical (unpaired) electrons. The zero-order valence-corrected chi connectivity index (χ0v) is 55.6. The molecule has 0 unspecified atom stereocenters. The lowest BCUT2D eigenvalue weighted by atomic mass is 9.84. The topological polar surface area (TPSA) is 259 Å². The van der Waals surface area contributed by atoms with Crippen molar-refractivity contribution < 1.29 is 70.3 Å². The van der Waals surface area contributed by atoms with Gasteiger partial charge >= 0.3 is 6.18 Å². The zero-order valence-electron chi connectivity index (χ0n) is 55.6. The van der Waals surface area contributed by atoms with Crippen LogP contribution >= 0.6 is 0 Å². The van der Waals surface area contributed by atoms with Crippen molar-refractivity contribution in [2.24, 2.45) is 17.8 Å². The van der Waals surface area contributed by atoms with Crippen LogP contribution in [0.1, 0.15) is 175 Å². The largest absolute Gasteiger partial charge is 0.419 e. The van der Waals surface area contributed by atoms with Gasteiger partial charge in [0.1, 0.15) is 47.6 Å². The summed E-state index contributed by atoms with van der Waals surface area (Å²) in [6.45, 7) is 9.27. The van der Waals surface area contributed by atoms with Gasteiger partial charge in [0.25, 0.3) is 0 Å². The van der Waals surface area contributed by atoms with Crippen LogP contribution in [0.2, 0.25) is 0 Å². The van der Waals surface area contributed by atoms with E-state index < -0.39 is 156 Å². The molecule has 2 heterocycles. The van der Waals surface area contributed by atoms with Gasteiger partial charge in [-0.2, -0.15) is 13.2 Å². The highest BCUT2D eigenvalue weighted by molar-refractivity contribution is 5.99. The van der Waals surface area contributed by atoms with Gasteiger partial charge in [0.15, 0.2) is 0 Å². The van der Waals surface area contributed by atoms with Gasteiger partial charge in [-0.3, -0.25) is 52.7 Å². The van der Waals surface area contributed by atoms with Crippen molar-refractivity contribution in [3.63, 3.8) is 0 Å². The smallest absolute Gasteiger partial charge is 0.351 e. The third kappa shape index (κ3) is 20.1. The second-order valence-electron chi connectivity index (χ2n) is 26.5. The number of amides is 11. The van der Waals surface area contributed by atoms with Crippen LogP contribution in [0, 0.1) is 23.6 Å². The van der Waals surface area contributed by atoms with E-state index in [-0.39, 0.29) is 81.7 Å². The quantitative estimate of drug-likeness (QED) is 0.198. The monoisotopic (exact) mass is 1290 g/mol. The summed E-state index contributed by atoms with van der Waals surface area (Å²) >= 11 is 0. The number of alkyl halides is 3. The van der Waals surface area contributed by atoms with Crippen LogP contribution in [0.3, 0.4) is 0 Å². The van der Waals surface area contributed by atoms with Gasteiger partial charge in [-0.15, -0.1) is 0 Å². The number of likely N-dealkylation sites (N-methyl/N-ethyl adjacent to an activating group) is 6. The molecule has 91 heavy (non-hydrogen) atoms. The van der Waals surface area contributed by atoms with Crippen molar-refractivity contribution in [1.82, 2.24) is 55.6 Å². The van der Waals surface area contributed by atoms with Crippen LogP contribution in [-0.4, -0.2) is 216 Å². The number of nitrogens with zero attached hydrogens (tertiary/aromatic N) is 7. The molecule has 4 aliphatic rings. The molecule has 4 fully saturated rings. The van der Waals surface area contributed by atoms with Crippen LogP contribution in [0.25, 0.3) is 0 Å². The molecule has 8 atom stereocenters. The molecule has 510 valence electrons. The number of unbranched alkanes of at least 4 members (excludes halogenated alkanes) is 1. The predicted octanol–water partition coefficient (Wildman–Crippen LogP) is 5.18. The van der Waals surface area contributed by atoms with Crippen LogP contribution in [0.5, 0.6) is 0 Å². The minimum atomic E-state index is -4.99. The number of hydrogen-bond acceptors (Lipinski definition) is 11. The lowest BCUT2D eigenvalue weighted by Gasteiger charge is -2.38. The van der Waals surface area contributed by atoms with E-state index in [1.54, 1.807) is 13.8 Å². The summed E-state index contributed by atoms with van der Waals surface area (Å²) in [5.74, 6) is -9.07. The Morgan fingerprint density at radius 3 is 1.86 bits per heavy atom. The molecule has 2 saturated carbocycles. The molecule has 5 rings (SSSR count). The first kappa shape index (κ1) is 74.8. The zero-order chi connectivity index (χ0) is 67.8. The third-order valence-electron chi connectivity index (χ3n) is 18.9. The second kappa shape index (κ2) is 33.6. The standard InChI is InChI=1S/C65H101F4N11O11/c1-13-15-24-48-57(85)70-42(6)34-53(82)77(10)50(33-40(3)4)58(86)72-56(41(5)14-2)62(90)76(9)38-54(83)74(7)39-55(84)78(11)51(36-43-22-17-16-18-23-43)61(89)75(8)37-52(81)71-47(29-27-44-26-28-45(46(66)35-44)65(67,68)69)60(88)80-32-21-25-49(80)59(87)73-64(30-19-20-31-64)63(91)79(48)12/h26,28,35,40-43,47-51,56H,13-25,27,29-34,36-39H2,1-12H3,(H,70,85)(H,71,81)(H,72,86)(H,73,87)/t41-,42+,47-,48-,49-,50-,51-,56-/m0/s1. The van der Waals surface area contributed by atoms with Gasteiger partial charge in [0.05, 0.1) is 25.2 Å². The van der Waals surface area contributed by atoms with Crippen molar-refractivity contribution in [2.75, 3.05) is 68.5 Å². The molecule has 1 aromatic rings. The number of hydrogen-bond donors (Lipinski definition) is 4. The van der Waals surface area contributed by atoms with Crippen LogP contribution < -0.4 is 21.3 Å². The number of benzene rings is 1. The first-order valence-electron chi connectivity index (χ1n) is 32.7. The van der Waals surface area contributed by atoms with Crippen molar-refractivity contribution >= 4 is 65.0 Å². The van der Waals surface area contributed by atoms with E-state index in [2.05, 4.69) is 21.3 Å². The van der Waals surface area contributed by atoms with Crippen molar-refractivity contribution in [3.05, 3.63) is 35.1 Å². The van der Waals surface area contributed by atoms with E-state index in [0.717, 1.165) is 52.9 Å². The SMILES string of the molecule is CCCC[C@H]1C(=O)N[C@H](C)CC(=O)N(C)[C@@H](CC(C)C)C(=O)N[C@@H]([C@@H](C)CC)C(=O)N(C)CC(=O)N(C)CC(=O)N(C)[C@@H](CC2CCCCC2)C(=O)N(C)CC(=O)N[C@@H](CCc2ccc(C(F)(F)F)c(F)c2)C(=O)N2CCC[C@H]2C(=O)NC2(CCCC2)C(=O)N1C. The van der Waals surface area contributed by atoms with Crippen molar-refractivity contribution in [1.29, 1.82) is 0 Å². The van der Waals surface area contributed by atoms with E-state index in [4.69, 9.17) is 0 Å². The lowest BCUT2D eigenvalue weighted by molar-refractivity contribution is -0.149. The Labute approximate surface area is 534 Å². The number of fused-ring (bicyclic) bond motifs is 1. The summed E-state index contributed by atoms with van der Waals surface area (Å²) in [5.41, 5.74) is -2.93. The molecule has 1 aromatic carbocycles. The molecule has 26 heteroatoms. The maximum Gasteiger partial charge on any atom is 0.419 e. The second-order valence-corrected chi connectivity index (χ2v) is 26.5. The van der Waals surface area contributed by atoms with E-state index in [9.17, 15) is 65.5 Å². The number of carbonyl (C=O) groups is 11. The van der Waals surface area contributed by atoms with Gasteiger partial charge in [0, 0.05) is 61.3 Å². The molecule has 11 amide bonds. The van der Waals surface area contributed by atoms with Gasteiger partial charge in [-0.1, -0.05) is 105 Å². The molecule has 0 aromatic heterocycles. The van der Waals surface area contributed by atoms with Gasteiger partial charge in [-0.05, 0) is 100 Å². The summed E-state index contributed by atoms with van der Waals surface area (Å²) < 4.78 is 55.8. The van der Waals surface area contributed by atoms with Crippen LogP contribution in [-0.2, 0) is 65.3 Å². The molecular formula is C65H101F4N11O11. The summed E-state index contributed by atoms with van der Waals surface area (Å²) in [6, 6.07) is -5.51. The highest BCUT2D eigenvalue weighted by atomic mass is 19.4. The van der Waals surface area contributed by atoms with Gasteiger partial charge in [-0.25, -0.2) is 4.39 Å². The number of aryl methyl sites for hydroxylation is 1. The maximum absolute atomic E-state index is 15.0. The lowest BCUT2D eigenvalue weighted by Crippen LogP contribution is -2.64. The summed E-state index contributed by atoms with van der Waals surface area (Å²) in [6.07, 6.45) is 2.77. The summed E-state index contributed by atoms with van der Waals surface area (Å²) in [7, 11) is 8.50. The highest BCUT2D eigenvalue weighted by Crippen LogP contribution is 2.35. The minimum absolute atomic E-state index is 0.0173. The van der Waals surface area contributed by atoms with E-state index in [1.807, 2.05) is 27.7 Å². The number of halogens is 4. The van der Waals surface area contributed by atoms with E-state index in [1.165, 1.54) is 61.9 Å². The van der Waals surface area contributed by atoms with E-state index in [0.29, 0.717) is 50.7 Å². The fraction of sp³-hybridized carbons (Fsp3) is 0.738. The normalized spacial score (nSPS) is 26.1. The van der Waals surface area contributed by atoms with E-state index >= 15 is 4.79 Å². The minimum Gasteiger partial charge on any atom is -0.351 e. The third-order valence-corrected chi connectivity index (χ3v) is 18.9. The molecule has 2 aliphatic carbocycles. The molecule has 4 N–H and O–H groups in total. The number of nitrogens with one attached hydrogen (secondary N) is 4. The van der Waals surface area contributed by atoms with Gasteiger partial charge in [0.2, 0.25) is 65.0 Å². The van der Waals surface area contributed by atoms with Crippen LogP contribution in [0.15, 0.2) is 18.2 Å². The van der Waals surface area contributed by atoms with Crippen molar-refractivity contribution in [2.45, 2.75) is 224 Å². The summed E-state index contributed by atoms with van der Waals surface area (Å²) in [4.78, 5) is 168. The van der Waals surface area contributed by atoms with Gasteiger partial charge < -0.3 is 55.6 Å². The Kier molecular flexibility index (Phi) is 27.6. The molecule has 22 nitrogen and oxygen atoms in total. The summed E-state index contributed by atoms with van der Waals surface area (Å²) in [5, 5.41) is 11.5. The average molecular weight is 1290 g/mol. The Balaban J connectivity index is 1.55. The molecule has 2 saturated heterocycles. The average Bonchev–Trinajstić information content (AvgIpc) is 1.77. The Morgan fingerprint density at radius 1 is 0.637 bits per heavy atom. The fourth-order valence-corrected chi connectivity index (χ4v) is 13.0. The molecule has 2 aliphatic heterocycles. The first-order chi connectivity index (χ1) is 42.7. The Bertz CT molecular complexity index is 2760.